The van der Waals surface area contributed by atoms with Gasteiger partial charge in [0, 0.05) is 0 Å². The second-order valence-electron chi connectivity index (χ2n) is 4.87. The first-order valence-corrected chi connectivity index (χ1v) is 6.82. The molecule has 1 aromatic carbocycles. The van der Waals surface area contributed by atoms with E-state index in [-0.39, 0.29) is 0 Å². The molecule has 1 aromatic rings. The molecule has 0 aromatic heterocycles. The van der Waals surface area contributed by atoms with Crippen LogP contribution in [0.15, 0.2) is 24.3 Å². The molecular weight excluding hydrogens is 192 g/mol. The van der Waals surface area contributed by atoms with Gasteiger partial charge in [0.15, 0.2) is 0 Å². The largest absolute Gasteiger partial charge is 0.0654 e. The molecule has 0 saturated carbocycles. The van der Waals surface area contributed by atoms with Crippen molar-refractivity contribution in [3.63, 3.8) is 0 Å². The summed E-state index contributed by atoms with van der Waals surface area (Å²) in [5.41, 5.74) is 3.01. The third-order valence-electron chi connectivity index (χ3n) is 3.72. The van der Waals surface area contributed by atoms with Gasteiger partial charge in [-0.15, -0.1) is 0 Å². The van der Waals surface area contributed by atoms with Gasteiger partial charge in [-0.2, -0.15) is 0 Å². The zero-order valence-electron chi connectivity index (χ0n) is 11.3. The van der Waals surface area contributed by atoms with Crippen molar-refractivity contribution in [2.24, 2.45) is 0 Å². The van der Waals surface area contributed by atoms with Crippen molar-refractivity contribution >= 4 is 0 Å². The fourth-order valence-corrected chi connectivity index (χ4v) is 2.29. The molecule has 16 heavy (non-hydrogen) atoms. The highest BCUT2D eigenvalue weighted by Crippen LogP contribution is 2.26. The van der Waals surface area contributed by atoms with Crippen LogP contribution in [0.3, 0.4) is 0 Å². The molecule has 0 aliphatic rings. The van der Waals surface area contributed by atoms with E-state index in [4.69, 9.17) is 0 Å². The minimum absolute atomic E-state index is 0.695. The summed E-state index contributed by atoms with van der Waals surface area (Å²) in [6.45, 7) is 9.13. The molecule has 0 saturated heterocycles. The van der Waals surface area contributed by atoms with E-state index in [0.29, 0.717) is 5.92 Å². The zero-order valence-corrected chi connectivity index (χ0v) is 11.3. The molecule has 0 spiro atoms. The molecule has 0 aliphatic heterocycles. The normalized spacial score (nSPS) is 14.8. The minimum Gasteiger partial charge on any atom is -0.0654 e. The summed E-state index contributed by atoms with van der Waals surface area (Å²) in [6.07, 6.45) is 5.09. The van der Waals surface area contributed by atoms with Gasteiger partial charge in [-0.1, -0.05) is 58.4 Å². The first-order chi connectivity index (χ1) is 7.72. The van der Waals surface area contributed by atoms with Gasteiger partial charge in [0.25, 0.3) is 0 Å². The molecule has 0 N–H and O–H groups in total. The van der Waals surface area contributed by atoms with E-state index in [9.17, 15) is 0 Å². The van der Waals surface area contributed by atoms with Crippen LogP contribution < -0.4 is 0 Å². The zero-order chi connectivity index (χ0) is 12.0. The Kier molecular flexibility index (Phi) is 5.59. The van der Waals surface area contributed by atoms with Crippen molar-refractivity contribution in [3.05, 3.63) is 35.4 Å². The molecule has 0 amide bonds. The fraction of sp³-hybridized carbons (Fsp3) is 0.625. The molecule has 90 valence electrons. The highest BCUT2D eigenvalue weighted by Gasteiger charge is 2.09. The SMILES string of the molecule is CCCC(CC)c1ccc(C(C)CC)cc1. The van der Waals surface area contributed by atoms with Crippen LogP contribution >= 0.6 is 0 Å². The van der Waals surface area contributed by atoms with Crippen molar-refractivity contribution in [2.45, 2.75) is 65.2 Å². The van der Waals surface area contributed by atoms with Crippen LogP contribution in [-0.2, 0) is 0 Å². The van der Waals surface area contributed by atoms with Gasteiger partial charge in [0.2, 0.25) is 0 Å². The van der Waals surface area contributed by atoms with Crippen molar-refractivity contribution in [3.8, 4) is 0 Å². The van der Waals surface area contributed by atoms with Crippen LogP contribution in [-0.4, -0.2) is 0 Å². The third-order valence-corrected chi connectivity index (χ3v) is 3.72. The summed E-state index contributed by atoms with van der Waals surface area (Å²) < 4.78 is 0. The summed E-state index contributed by atoms with van der Waals surface area (Å²) in [7, 11) is 0. The van der Waals surface area contributed by atoms with E-state index in [1.807, 2.05) is 0 Å². The Morgan fingerprint density at radius 2 is 1.44 bits per heavy atom. The molecule has 2 atom stereocenters. The number of hydrogen-bond donors (Lipinski definition) is 0. The Labute approximate surface area is 101 Å². The standard InChI is InChI=1S/C16H26/c1-5-8-14(7-3)16-11-9-15(10-12-16)13(4)6-2/h9-14H,5-8H2,1-4H3. The highest BCUT2D eigenvalue weighted by atomic mass is 14.1. The molecule has 1 rings (SSSR count). The van der Waals surface area contributed by atoms with E-state index >= 15 is 0 Å². The molecule has 0 aliphatic carbocycles. The van der Waals surface area contributed by atoms with E-state index in [0.717, 1.165) is 5.92 Å². The van der Waals surface area contributed by atoms with Gasteiger partial charge in [-0.25, -0.2) is 0 Å². The van der Waals surface area contributed by atoms with Gasteiger partial charge in [0.1, 0.15) is 0 Å². The number of benzene rings is 1. The fourth-order valence-electron chi connectivity index (χ4n) is 2.29. The lowest BCUT2D eigenvalue weighted by molar-refractivity contribution is 0.595. The Hall–Kier alpha value is -0.780. The maximum Gasteiger partial charge on any atom is -0.0165 e. The van der Waals surface area contributed by atoms with Gasteiger partial charge in [-0.05, 0) is 42.2 Å². The first kappa shape index (κ1) is 13.3. The van der Waals surface area contributed by atoms with Gasteiger partial charge in [-0.3, -0.25) is 0 Å². The van der Waals surface area contributed by atoms with Crippen LogP contribution in [0.5, 0.6) is 0 Å². The average molecular weight is 218 g/mol. The maximum absolute atomic E-state index is 2.34. The summed E-state index contributed by atoms with van der Waals surface area (Å²) >= 11 is 0. The monoisotopic (exact) mass is 218 g/mol. The first-order valence-electron chi connectivity index (χ1n) is 6.82. The summed E-state index contributed by atoms with van der Waals surface area (Å²) in [6, 6.07) is 9.32. The molecule has 0 heteroatoms. The van der Waals surface area contributed by atoms with Crippen molar-refractivity contribution in [2.75, 3.05) is 0 Å². The predicted octanol–water partition coefficient (Wildman–Crippen LogP) is 5.49. The van der Waals surface area contributed by atoms with E-state index < -0.39 is 0 Å². The van der Waals surface area contributed by atoms with E-state index in [1.54, 1.807) is 0 Å². The topological polar surface area (TPSA) is 0 Å². The number of rotatable bonds is 6. The molecule has 0 fully saturated rings. The lowest BCUT2D eigenvalue weighted by Gasteiger charge is -2.16. The van der Waals surface area contributed by atoms with Crippen LogP contribution in [0.4, 0.5) is 0 Å². The van der Waals surface area contributed by atoms with Crippen LogP contribution in [0.2, 0.25) is 0 Å². The highest BCUT2D eigenvalue weighted by molar-refractivity contribution is 5.27. The lowest BCUT2D eigenvalue weighted by Crippen LogP contribution is -1.98. The molecule has 0 radical (unpaired) electrons. The van der Waals surface area contributed by atoms with Crippen molar-refractivity contribution in [1.82, 2.24) is 0 Å². The van der Waals surface area contributed by atoms with Gasteiger partial charge in [0.05, 0.1) is 0 Å². The quantitative estimate of drug-likeness (QED) is 0.592. The van der Waals surface area contributed by atoms with Gasteiger partial charge >= 0.3 is 0 Å². The Morgan fingerprint density at radius 1 is 0.875 bits per heavy atom. The van der Waals surface area contributed by atoms with Crippen LogP contribution in [0.1, 0.15) is 76.3 Å². The van der Waals surface area contributed by atoms with Crippen molar-refractivity contribution in [1.29, 1.82) is 0 Å². The Morgan fingerprint density at radius 3 is 1.88 bits per heavy atom. The second-order valence-corrected chi connectivity index (χ2v) is 4.87. The average Bonchev–Trinajstić information content (AvgIpc) is 2.35. The Bertz CT molecular complexity index is 283. The van der Waals surface area contributed by atoms with Crippen LogP contribution in [0.25, 0.3) is 0 Å². The number of hydrogen-bond acceptors (Lipinski definition) is 0. The molecule has 2 unspecified atom stereocenters. The van der Waals surface area contributed by atoms with Gasteiger partial charge < -0.3 is 0 Å². The molecule has 0 nitrogen and oxygen atoms in total. The summed E-state index contributed by atoms with van der Waals surface area (Å²) in [5, 5.41) is 0. The summed E-state index contributed by atoms with van der Waals surface area (Å²) in [4.78, 5) is 0. The third kappa shape index (κ3) is 3.37. The smallest absolute Gasteiger partial charge is 0.0165 e. The summed E-state index contributed by atoms with van der Waals surface area (Å²) in [5.74, 6) is 1.45. The van der Waals surface area contributed by atoms with E-state index in [2.05, 4.69) is 52.0 Å². The maximum atomic E-state index is 2.34. The molecule has 0 bridgehead atoms. The van der Waals surface area contributed by atoms with E-state index in [1.165, 1.54) is 36.8 Å². The predicted molar refractivity (Wildman–Crippen MR) is 73.1 cm³/mol. The second kappa shape index (κ2) is 6.73. The van der Waals surface area contributed by atoms with Crippen LogP contribution in [0, 0.1) is 0 Å². The molecular formula is C16H26. The minimum atomic E-state index is 0.695. The lowest BCUT2D eigenvalue weighted by atomic mass is 9.89. The molecule has 0 heterocycles. The Balaban J connectivity index is 2.76. The van der Waals surface area contributed by atoms with Crippen molar-refractivity contribution < 1.29 is 0 Å².